The maximum atomic E-state index is 13.0. The Morgan fingerprint density at radius 3 is 2.81 bits per heavy atom. The summed E-state index contributed by atoms with van der Waals surface area (Å²) in [6, 6.07) is 7.63. The van der Waals surface area contributed by atoms with Crippen LogP contribution in [0.5, 0.6) is 0 Å². The van der Waals surface area contributed by atoms with Crippen LogP contribution in [-0.4, -0.2) is 29.7 Å². The Bertz CT molecular complexity index is 376. The number of aliphatic hydroxyl groups is 1. The zero-order valence-corrected chi connectivity index (χ0v) is 9.23. The van der Waals surface area contributed by atoms with E-state index < -0.39 is 6.04 Å². The van der Waals surface area contributed by atoms with Crippen LogP contribution >= 0.6 is 0 Å². The second-order valence-electron chi connectivity index (χ2n) is 3.44. The summed E-state index contributed by atoms with van der Waals surface area (Å²) in [5, 5.41) is 18.0. The Hall–Kier alpha value is -1.44. The molecule has 0 fully saturated rings. The SMILES string of the molecule is CCN(CCO)C(C#N)c1cccc(F)c1. The topological polar surface area (TPSA) is 47.3 Å². The number of rotatable bonds is 5. The van der Waals surface area contributed by atoms with Gasteiger partial charge < -0.3 is 5.11 Å². The third kappa shape index (κ3) is 3.02. The van der Waals surface area contributed by atoms with E-state index in [1.807, 2.05) is 6.92 Å². The molecule has 0 aliphatic heterocycles. The van der Waals surface area contributed by atoms with Crippen LogP contribution in [0.4, 0.5) is 4.39 Å². The molecule has 0 aliphatic rings. The van der Waals surface area contributed by atoms with E-state index in [4.69, 9.17) is 10.4 Å². The van der Waals surface area contributed by atoms with Gasteiger partial charge >= 0.3 is 0 Å². The Balaban J connectivity index is 2.93. The number of hydrogen-bond donors (Lipinski definition) is 1. The van der Waals surface area contributed by atoms with E-state index >= 15 is 0 Å². The van der Waals surface area contributed by atoms with Crippen molar-refractivity contribution in [1.29, 1.82) is 5.26 Å². The Morgan fingerprint density at radius 1 is 1.56 bits per heavy atom. The van der Waals surface area contributed by atoms with Crippen molar-refractivity contribution in [3.05, 3.63) is 35.6 Å². The molecule has 1 rings (SSSR count). The monoisotopic (exact) mass is 222 g/mol. The lowest BCUT2D eigenvalue weighted by atomic mass is 10.1. The molecule has 0 aromatic heterocycles. The summed E-state index contributed by atoms with van der Waals surface area (Å²) in [4.78, 5) is 1.80. The molecule has 0 saturated heterocycles. The first-order valence-corrected chi connectivity index (χ1v) is 5.23. The van der Waals surface area contributed by atoms with E-state index in [9.17, 15) is 4.39 Å². The Labute approximate surface area is 94.7 Å². The molecule has 0 radical (unpaired) electrons. The molecule has 1 N–H and O–H groups in total. The molecule has 1 aromatic carbocycles. The molecular weight excluding hydrogens is 207 g/mol. The maximum absolute atomic E-state index is 13.0. The number of aliphatic hydroxyl groups excluding tert-OH is 1. The van der Waals surface area contributed by atoms with Crippen molar-refractivity contribution in [3.8, 4) is 6.07 Å². The summed E-state index contributed by atoms with van der Waals surface area (Å²) in [5.41, 5.74) is 0.623. The minimum atomic E-state index is -0.507. The molecule has 1 unspecified atom stereocenters. The number of nitrogens with zero attached hydrogens (tertiary/aromatic N) is 2. The molecule has 4 heteroatoms. The number of likely N-dealkylation sites (N-methyl/N-ethyl adjacent to an activating group) is 1. The van der Waals surface area contributed by atoms with Crippen LogP contribution in [0.2, 0.25) is 0 Å². The lowest BCUT2D eigenvalue weighted by molar-refractivity contribution is 0.180. The van der Waals surface area contributed by atoms with Crippen molar-refractivity contribution in [3.63, 3.8) is 0 Å². The van der Waals surface area contributed by atoms with Gasteiger partial charge in [-0.15, -0.1) is 0 Å². The highest BCUT2D eigenvalue weighted by Gasteiger charge is 2.18. The first-order chi connectivity index (χ1) is 7.72. The molecule has 0 spiro atoms. The summed E-state index contributed by atoms with van der Waals surface area (Å²) in [6.07, 6.45) is 0. The van der Waals surface area contributed by atoms with Crippen LogP contribution in [-0.2, 0) is 0 Å². The third-order valence-electron chi connectivity index (χ3n) is 2.45. The molecule has 0 heterocycles. The molecule has 16 heavy (non-hydrogen) atoms. The second-order valence-corrected chi connectivity index (χ2v) is 3.44. The molecule has 0 saturated carbocycles. The number of nitriles is 1. The number of benzene rings is 1. The summed E-state index contributed by atoms with van der Waals surface area (Å²) < 4.78 is 13.0. The fourth-order valence-corrected chi connectivity index (χ4v) is 1.64. The maximum Gasteiger partial charge on any atom is 0.124 e. The second kappa shape index (κ2) is 6.21. The van der Waals surface area contributed by atoms with Crippen LogP contribution in [0.25, 0.3) is 0 Å². The van der Waals surface area contributed by atoms with Crippen LogP contribution in [0.3, 0.4) is 0 Å². The molecule has 1 aromatic rings. The van der Waals surface area contributed by atoms with Crippen molar-refractivity contribution in [2.24, 2.45) is 0 Å². The highest BCUT2D eigenvalue weighted by Crippen LogP contribution is 2.20. The van der Waals surface area contributed by atoms with Gasteiger partial charge in [-0.2, -0.15) is 5.26 Å². The predicted octanol–water partition coefficient (Wildman–Crippen LogP) is 1.70. The van der Waals surface area contributed by atoms with Gasteiger partial charge in [0.15, 0.2) is 0 Å². The standard InChI is InChI=1S/C12H15FN2O/c1-2-15(6-7-16)12(9-14)10-4-3-5-11(13)8-10/h3-5,8,12,16H,2,6-7H2,1H3. The van der Waals surface area contributed by atoms with Crippen molar-refractivity contribution < 1.29 is 9.50 Å². The van der Waals surface area contributed by atoms with Gasteiger partial charge in [-0.1, -0.05) is 19.1 Å². The van der Waals surface area contributed by atoms with E-state index in [2.05, 4.69) is 6.07 Å². The third-order valence-corrected chi connectivity index (χ3v) is 2.45. The number of hydrogen-bond acceptors (Lipinski definition) is 3. The molecule has 0 bridgehead atoms. The van der Waals surface area contributed by atoms with Gasteiger partial charge in [-0.25, -0.2) is 4.39 Å². The van der Waals surface area contributed by atoms with Gasteiger partial charge in [-0.05, 0) is 24.2 Å². The molecule has 3 nitrogen and oxygen atoms in total. The average molecular weight is 222 g/mol. The minimum Gasteiger partial charge on any atom is -0.395 e. The zero-order chi connectivity index (χ0) is 12.0. The van der Waals surface area contributed by atoms with E-state index in [1.54, 1.807) is 17.0 Å². The quantitative estimate of drug-likeness (QED) is 0.825. The lowest BCUT2D eigenvalue weighted by Crippen LogP contribution is -2.30. The molecular formula is C12H15FN2O. The van der Waals surface area contributed by atoms with Crippen molar-refractivity contribution in [1.82, 2.24) is 4.90 Å². The van der Waals surface area contributed by atoms with Gasteiger partial charge in [-0.3, -0.25) is 4.90 Å². The first kappa shape index (κ1) is 12.6. The summed E-state index contributed by atoms with van der Waals surface area (Å²) in [6.45, 7) is 2.93. The fraction of sp³-hybridized carbons (Fsp3) is 0.417. The van der Waals surface area contributed by atoms with Gasteiger partial charge in [0, 0.05) is 6.54 Å². The number of halogens is 1. The Kier molecular flexibility index (Phi) is 4.90. The molecule has 0 amide bonds. The summed E-state index contributed by atoms with van der Waals surface area (Å²) in [7, 11) is 0. The first-order valence-electron chi connectivity index (χ1n) is 5.23. The summed E-state index contributed by atoms with van der Waals surface area (Å²) in [5.74, 6) is -0.349. The normalized spacial score (nSPS) is 12.4. The highest BCUT2D eigenvalue weighted by molar-refractivity contribution is 5.24. The van der Waals surface area contributed by atoms with E-state index in [1.165, 1.54) is 12.1 Å². The van der Waals surface area contributed by atoms with Gasteiger partial charge in [0.05, 0.1) is 12.7 Å². The van der Waals surface area contributed by atoms with Gasteiger partial charge in [0.25, 0.3) is 0 Å². The minimum absolute atomic E-state index is 0.0126. The predicted molar refractivity (Wildman–Crippen MR) is 59.1 cm³/mol. The average Bonchev–Trinajstić information content (AvgIpc) is 2.29. The summed E-state index contributed by atoms with van der Waals surface area (Å²) >= 11 is 0. The van der Waals surface area contributed by atoms with E-state index in [0.29, 0.717) is 18.7 Å². The van der Waals surface area contributed by atoms with Gasteiger partial charge in [0.1, 0.15) is 11.9 Å². The lowest BCUT2D eigenvalue weighted by Gasteiger charge is -2.24. The fourth-order valence-electron chi connectivity index (χ4n) is 1.64. The Morgan fingerprint density at radius 2 is 2.31 bits per heavy atom. The zero-order valence-electron chi connectivity index (χ0n) is 9.23. The van der Waals surface area contributed by atoms with Crippen LogP contribution in [0.15, 0.2) is 24.3 Å². The van der Waals surface area contributed by atoms with E-state index in [0.717, 1.165) is 0 Å². The van der Waals surface area contributed by atoms with Crippen LogP contribution < -0.4 is 0 Å². The smallest absolute Gasteiger partial charge is 0.124 e. The molecule has 0 aliphatic carbocycles. The van der Waals surface area contributed by atoms with E-state index in [-0.39, 0.29) is 12.4 Å². The molecule has 86 valence electrons. The highest BCUT2D eigenvalue weighted by atomic mass is 19.1. The molecule has 1 atom stereocenters. The van der Waals surface area contributed by atoms with Crippen molar-refractivity contribution in [2.75, 3.05) is 19.7 Å². The van der Waals surface area contributed by atoms with Crippen molar-refractivity contribution in [2.45, 2.75) is 13.0 Å². The van der Waals surface area contributed by atoms with Crippen LogP contribution in [0, 0.1) is 17.1 Å². The largest absolute Gasteiger partial charge is 0.395 e. The van der Waals surface area contributed by atoms with Crippen molar-refractivity contribution >= 4 is 0 Å². The van der Waals surface area contributed by atoms with Crippen LogP contribution in [0.1, 0.15) is 18.5 Å². The van der Waals surface area contributed by atoms with Gasteiger partial charge in [0.2, 0.25) is 0 Å².